The number of carbonyl (C=O) groups is 1. The zero-order valence-electron chi connectivity index (χ0n) is 12.7. The van der Waals surface area contributed by atoms with E-state index in [0.29, 0.717) is 38.7 Å². The summed E-state index contributed by atoms with van der Waals surface area (Å²) in [7, 11) is 1.64. The number of carbonyl (C=O) groups excluding carboxylic acids is 1. The van der Waals surface area contributed by atoms with Crippen LogP contribution in [0.1, 0.15) is 18.9 Å². The quantitative estimate of drug-likeness (QED) is 0.779. The van der Waals surface area contributed by atoms with E-state index in [9.17, 15) is 4.79 Å². The summed E-state index contributed by atoms with van der Waals surface area (Å²) in [4.78, 5) is 11.6. The van der Waals surface area contributed by atoms with E-state index < -0.39 is 0 Å². The Balaban J connectivity index is 1.78. The van der Waals surface area contributed by atoms with E-state index in [1.807, 2.05) is 25.1 Å². The van der Waals surface area contributed by atoms with Gasteiger partial charge in [0.05, 0.1) is 20.3 Å². The van der Waals surface area contributed by atoms with Gasteiger partial charge in [-0.2, -0.15) is 0 Å². The van der Waals surface area contributed by atoms with Crippen molar-refractivity contribution in [2.24, 2.45) is 5.92 Å². The third kappa shape index (κ3) is 4.63. The highest BCUT2D eigenvalue weighted by molar-refractivity contribution is 5.75. The van der Waals surface area contributed by atoms with Crippen LogP contribution in [-0.2, 0) is 16.0 Å². The van der Waals surface area contributed by atoms with E-state index in [1.54, 1.807) is 7.11 Å². The molecule has 116 valence electrons. The first-order valence-corrected chi connectivity index (χ1v) is 7.37. The first kappa shape index (κ1) is 15.6. The average Bonchev–Trinajstić information content (AvgIpc) is 2.52. The SMILES string of the molecule is CCOCCC(=O)NCC1COc2cc(OC)ccc2C1. The first-order valence-electron chi connectivity index (χ1n) is 7.37. The minimum absolute atomic E-state index is 0.0315. The van der Waals surface area contributed by atoms with Crippen LogP contribution in [0.15, 0.2) is 18.2 Å². The molecule has 0 radical (unpaired) electrons. The van der Waals surface area contributed by atoms with Crippen LogP contribution in [-0.4, -0.2) is 39.4 Å². The van der Waals surface area contributed by atoms with Gasteiger partial charge in [-0.1, -0.05) is 6.07 Å². The second-order valence-corrected chi connectivity index (χ2v) is 5.11. The minimum atomic E-state index is 0.0315. The van der Waals surface area contributed by atoms with Crippen LogP contribution in [0.3, 0.4) is 0 Å². The predicted molar refractivity (Wildman–Crippen MR) is 79.8 cm³/mol. The highest BCUT2D eigenvalue weighted by Gasteiger charge is 2.20. The van der Waals surface area contributed by atoms with E-state index in [0.717, 1.165) is 23.5 Å². The van der Waals surface area contributed by atoms with Gasteiger partial charge in [-0.25, -0.2) is 0 Å². The zero-order valence-corrected chi connectivity index (χ0v) is 12.7. The molecule has 0 saturated carbocycles. The predicted octanol–water partition coefficient (Wildman–Crippen LogP) is 1.79. The monoisotopic (exact) mass is 293 g/mol. The maximum atomic E-state index is 11.6. The summed E-state index contributed by atoms with van der Waals surface area (Å²) in [6, 6.07) is 5.87. The van der Waals surface area contributed by atoms with Crippen molar-refractivity contribution in [3.63, 3.8) is 0 Å². The molecule has 0 fully saturated rings. The largest absolute Gasteiger partial charge is 0.497 e. The Bertz CT molecular complexity index is 475. The van der Waals surface area contributed by atoms with Crippen molar-refractivity contribution in [3.8, 4) is 11.5 Å². The van der Waals surface area contributed by atoms with Crippen LogP contribution in [0.4, 0.5) is 0 Å². The molecule has 0 aliphatic carbocycles. The molecule has 0 spiro atoms. The van der Waals surface area contributed by atoms with Crippen molar-refractivity contribution in [3.05, 3.63) is 23.8 Å². The number of hydrogen-bond donors (Lipinski definition) is 1. The number of methoxy groups -OCH3 is 1. The fourth-order valence-electron chi connectivity index (χ4n) is 2.33. The number of hydrogen-bond acceptors (Lipinski definition) is 4. The van der Waals surface area contributed by atoms with Gasteiger partial charge < -0.3 is 19.5 Å². The lowest BCUT2D eigenvalue weighted by Crippen LogP contribution is -2.35. The lowest BCUT2D eigenvalue weighted by atomic mass is 9.96. The molecular formula is C16H23NO4. The number of amides is 1. The van der Waals surface area contributed by atoms with Crippen molar-refractivity contribution in [2.75, 3.05) is 33.5 Å². The van der Waals surface area contributed by atoms with Crippen LogP contribution < -0.4 is 14.8 Å². The third-order valence-corrected chi connectivity index (χ3v) is 3.52. The maximum absolute atomic E-state index is 11.6. The molecule has 2 rings (SSSR count). The van der Waals surface area contributed by atoms with Crippen molar-refractivity contribution in [2.45, 2.75) is 19.8 Å². The molecule has 1 aromatic carbocycles. The second kappa shape index (κ2) is 7.88. The molecule has 0 aromatic heterocycles. The summed E-state index contributed by atoms with van der Waals surface area (Å²) in [5.41, 5.74) is 1.16. The Hall–Kier alpha value is -1.75. The number of ether oxygens (including phenoxy) is 3. The molecule has 21 heavy (non-hydrogen) atoms. The number of benzene rings is 1. The van der Waals surface area contributed by atoms with E-state index >= 15 is 0 Å². The lowest BCUT2D eigenvalue weighted by Gasteiger charge is -2.25. The van der Waals surface area contributed by atoms with Crippen LogP contribution in [0, 0.1) is 5.92 Å². The summed E-state index contributed by atoms with van der Waals surface area (Å²) < 4.78 is 16.1. The zero-order chi connectivity index (χ0) is 15.1. The van der Waals surface area contributed by atoms with Gasteiger partial charge in [-0.05, 0) is 25.0 Å². The molecule has 5 nitrogen and oxygen atoms in total. The smallest absolute Gasteiger partial charge is 0.222 e. The van der Waals surface area contributed by atoms with Crippen molar-refractivity contribution in [1.82, 2.24) is 5.32 Å². The van der Waals surface area contributed by atoms with Crippen molar-refractivity contribution < 1.29 is 19.0 Å². The standard InChI is InChI=1S/C16H23NO4/c1-3-20-7-6-16(18)17-10-12-8-13-4-5-14(19-2)9-15(13)21-11-12/h4-5,9,12H,3,6-8,10-11H2,1-2H3,(H,17,18). The molecule has 1 amide bonds. The van der Waals surface area contributed by atoms with Gasteiger partial charge in [0.15, 0.2) is 0 Å². The summed E-state index contributed by atoms with van der Waals surface area (Å²) in [5.74, 6) is 2.02. The molecule has 1 atom stereocenters. The van der Waals surface area contributed by atoms with Crippen LogP contribution in [0.25, 0.3) is 0 Å². The van der Waals surface area contributed by atoms with Gasteiger partial charge in [0.2, 0.25) is 5.91 Å². The number of nitrogens with one attached hydrogen (secondary N) is 1. The molecule has 1 unspecified atom stereocenters. The van der Waals surface area contributed by atoms with E-state index in [2.05, 4.69) is 5.32 Å². The van der Waals surface area contributed by atoms with E-state index in [4.69, 9.17) is 14.2 Å². The number of rotatable bonds is 7. The Morgan fingerprint density at radius 3 is 3.10 bits per heavy atom. The lowest BCUT2D eigenvalue weighted by molar-refractivity contribution is -0.122. The number of fused-ring (bicyclic) bond motifs is 1. The molecule has 1 aliphatic heterocycles. The molecule has 0 bridgehead atoms. The van der Waals surface area contributed by atoms with E-state index in [1.165, 1.54) is 0 Å². The molecule has 1 N–H and O–H groups in total. The maximum Gasteiger partial charge on any atom is 0.222 e. The summed E-state index contributed by atoms with van der Waals surface area (Å²) >= 11 is 0. The van der Waals surface area contributed by atoms with Gasteiger partial charge in [-0.3, -0.25) is 4.79 Å². The summed E-state index contributed by atoms with van der Waals surface area (Å²) in [6.07, 6.45) is 1.32. The second-order valence-electron chi connectivity index (χ2n) is 5.11. The molecule has 1 aliphatic rings. The topological polar surface area (TPSA) is 56.8 Å². The Labute approximate surface area is 125 Å². The van der Waals surface area contributed by atoms with Crippen molar-refractivity contribution in [1.29, 1.82) is 0 Å². The first-order chi connectivity index (χ1) is 10.2. The normalized spacial score (nSPS) is 16.8. The summed E-state index contributed by atoms with van der Waals surface area (Å²) in [5, 5.41) is 2.94. The minimum Gasteiger partial charge on any atom is -0.497 e. The highest BCUT2D eigenvalue weighted by Crippen LogP contribution is 2.30. The van der Waals surface area contributed by atoms with Gasteiger partial charge in [0.1, 0.15) is 11.5 Å². The van der Waals surface area contributed by atoms with Crippen LogP contribution >= 0.6 is 0 Å². The highest BCUT2D eigenvalue weighted by atomic mass is 16.5. The molecule has 1 heterocycles. The van der Waals surface area contributed by atoms with Crippen LogP contribution in [0.5, 0.6) is 11.5 Å². The fraction of sp³-hybridized carbons (Fsp3) is 0.562. The van der Waals surface area contributed by atoms with Gasteiger partial charge >= 0.3 is 0 Å². The summed E-state index contributed by atoms with van der Waals surface area (Å²) in [6.45, 7) is 4.29. The van der Waals surface area contributed by atoms with E-state index in [-0.39, 0.29) is 5.91 Å². The van der Waals surface area contributed by atoms with Crippen LogP contribution in [0.2, 0.25) is 0 Å². The molecule has 1 aromatic rings. The molecular weight excluding hydrogens is 270 g/mol. The Kier molecular flexibility index (Phi) is 5.87. The Morgan fingerprint density at radius 2 is 2.33 bits per heavy atom. The average molecular weight is 293 g/mol. The third-order valence-electron chi connectivity index (χ3n) is 3.52. The Morgan fingerprint density at radius 1 is 1.48 bits per heavy atom. The van der Waals surface area contributed by atoms with Gasteiger partial charge in [0.25, 0.3) is 0 Å². The fourth-order valence-corrected chi connectivity index (χ4v) is 2.33. The molecule has 0 saturated heterocycles. The van der Waals surface area contributed by atoms with Gasteiger partial charge in [-0.15, -0.1) is 0 Å². The van der Waals surface area contributed by atoms with Crippen molar-refractivity contribution >= 4 is 5.91 Å². The van der Waals surface area contributed by atoms with Gasteiger partial charge in [0, 0.05) is 31.6 Å². The molecule has 5 heteroatoms.